The van der Waals surface area contributed by atoms with Crippen LogP contribution in [0.4, 0.5) is 11.5 Å². The lowest BCUT2D eigenvalue weighted by molar-refractivity contribution is -0.385. The van der Waals surface area contributed by atoms with E-state index in [0.717, 1.165) is 18.8 Å². The standard InChI is InChI=1S/C12H14N4O2.C2H6/c1-2-10-5-12(14-7-11(10)16(17)18)15-4-3-9(6-13)8-15;1-2/h5,7,9H,2-4,8H2,1H3;1-2H3. The smallest absolute Gasteiger partial charge is 0.290 e. The molecule has 1 unspecified atom stereocenters. The normalized spacial score (nSPS) is 17.1. The molecular formula is C14H20N4O2. The lowest BCUT2D eigenvalue weighted by Gasteiger charge is -2.16. The van der Waals surface area contributed by atoms with Crippen LogP contribution >= 0.6 is 0 Å². The summed E-state index contributed by atoms with van der Waals surface area (Å²) in [5.41, 5.74) is 0.752. The van der Waals surface area contributed by atoms with Crippen molar-refractivity contribution in [3.8, 4) is 6.07 Å². The predicted octanol–water partition coefficient (Wildman–Crippen LogP) is 2.93. The highest BCUT2D eigenvalue weighted by molar-refractivity contribution is 5.50. The van der Waals surface area contributed by atoms with E-state index < -0.39 is 4.92 Å². The number of hydrogen-bond acceptors (Lipinski definition) is 5. The molecule has 1 saturated heterocycles. The first kappa shape index (κ1) is 15.9. The average Bonchev–Trinajstić information content (AvgIpc) is 2.97. The summed E-state index contributed by atoms with van der Waals surface area (Å²) in [5, 5.41) is 19.7. The van der Waals surface area contributed by atoms with Crippen LogP contribution in [0.2, 0.25) is 0 Å². The molecule has 20 heavy (non-hydrogen) atoms. The highest BCUT2D eigenvalue weighted by atomic mass is 16.6. The van der Waals surface area contributed by atoms with Crippen molar-refractivity contribution in [2.45, 2.75) is 33.6 Å². The molecule has 0 N–H and O–H groups in total. The molecule has 1 atom stereocenters. The number of pyridine rings is 1. The summed E-state index contributed by atoms with van der Waals surface area (Å²) >= 11 is 0. The van der Waals surface area contributed by atoms with E-state index in [1.165, 1.54) is 6.20 Å². The average molecular weight is 276 g/mol. The van der Waals surface area contributed by atoms with Crippen molar-refractivity contribution in [2.24, 2.45) is 5.92 Å². The van der Waals surface area contributed by atoms with E-state index in [1.54, 1.807) is 6.07 Å². The van der Waals surface area contributed by atoms with Gasteiger partial charge in [0.25, 0.3) is 5.69 Å². The zero-order valence-electron chi connectivity index (χ0n) is 12.2. The Morgan fingerprint density at radius 1 is 1.60 bits per heavy atom. The molecule has 1 fully saturated rings. The molecule has 0 aliphatic carbocycles. The van der Waals surface area contributed by atoms with Crippen molar-refractivity contribution in [1.82, 2.24) is 4.98 Å². The number of nitriles is 1. The molecule has 1 aliphatic rings. The molecule has 108 valence electrons. The number of anilines is 1. The van der Waals surface area contributed by atoms with E-state index in [0.29, 0.717) is 18.5 Å². The minimum atomic E-state index is -0.405. The summed E-state index contributed by atoms with van der Waals surface area (Å²) in [7, 11) is 0. The number of nitrogens with zero attached hydrogens (tertiary/aromatic N) is 4. The van der Waals surface area contributed by atoms with Gasteiger partial charge < -0.3 is 4.90 Å². The second-order valence-electron chi connectivity index (χ2n) is 4.34. The fraction of sp³-hybridized carbons (Fsp3) is 0.571. The predicted molar refractivity (Wildman–Crippen MR) is 77.6 cm³/mol. The van der Waals surface area contributed by atoms with Crippen molar-refractivity contribution < 1.29 is 4.92 Å². The van der Waals surface area contributed by atoms with Crippen LogP contribution in [0.5, 0.6) is 0 Å². The van der Waals surface area contributed by atoms with Crippen LogP contribution in [0.15, 0.2) is 12.3 Å². The Morgan fingerprint density at radius 2 is 2.30 bits per heavy atom. The minimum Gasteiger partial charge on any atom is -0.355 e. The van der Waals surface area contributed by atoms with E-state index in [2.05, 4.69) is 11.1 Å². The first-order chi connectivity index (χ1) is 9.65. The van der Waals surface area contributed by atoms with Gasteiger partial charge in [0.2, 0.25) is 0 Å². The van der Waals surface area contributed by atoms with Gasteiger partial charge in [0, 0.05) is 18.7 Å². The van der Waals surface area contributed by atoms with Gasteiger partial charge in [-0.3, -0.25) is 10.1 Å². The highest BCUT2D eigenvalue weighted by Gasteiger charge is 2.24. The second-order valence-corrected chi connectivity index (χ2v) is 4.34. The molecule has 2 rings (SSSR count). The van der Waals surface area contributed by atoms with Gasteiger partial charge in [-0.15, -0.1) is 0 Å². The number of aryl methyl sites for hydroxylation is 1. The van der Waals surface area contributed by atoms with Crippen LogP contribution in [0.25, 0.3) is 0 Å². The third kappa shape index (κ3) is 3.44. The van der Waals surface area contributed by atoms with Gasteiger partial charge in [-0.05, 0) is 18.9 Å². The number of aromatic nitrogens is 1. The van der Waals surface area contributed by atoms with Gasteiger partial charge >= 0.3 is 0 Å². The molecule has 6 heteroatoms. The molecule has 0 bridgehead atoms. The first-order valence-corrected chi connectivity index (χ1v) is 6.93. The summed E-state index contributed by atoms with van der Waals surface area (Å²) in [6.45, 7) is 7.32. The van der Waals surface area contributed by atoms with Crippen LogP contribution in [-0.2, 0) is 6.42 Å². The van der Waals surface area contributed by atoms with Crippen molar-refractivity contribution in [1.29, 1.82) is 5.26 Å². The van der Waals surface area contributed by atoms with Crippen molar-refractivity contribution in [3.05, 3.63) is 27.9 Å². The Labute approximate surface area is 119 Å². The van der Waals surface area contributed by atoms with E-state index in [-0.39, 0.29) is 11.6 Å². The van der Waals surface area contributed by atoms with Gasteiger partial charge in [-0.25, -0.2) is 4.98 Å². The van der Waals surface area contributed by atoms with Gasteiger partial charge in [0.1, 0.15) is 12.0 Å². The summed E-state index contributed by atoms with van der Waals surface area (Å²) in [5.74, 6) is 0.766. The van der Waals surface area contributed by atoms with Crippen LogP contribution in [-0.4, -0.2) is 23.0 Å². The van der Waals surface area contributed by atoms with Gasteiger partial charge in [-0.1, -0.05) is 20.8 Å². The molecule has 0 saturated carbocycles. The molecule has 1 aromatic heterocycles. The third-order valence-corrected chi connectivity index (χ3v) is 3.22. The maximum absolute atomic E-state index is 10.8. The lowest BCUT2D eigenvalue weighted by Crippen LogP contribution is -2.20. The second kappa shape index (κ2) is 7.43. The topological polar surface area (TPSA) is 83.1 Å². The lowest BCUT2D eigenvalue weighted by atomic mass is 10.1. The Balaban J connectivity index is 0.000000956. The Bertz CT molecular complexity index is 510. The SMILES string of the molecule is CC.CCc1cc(N2CCC(C#N)C2)ncc1[N+](=O)[O-]. The maximum atomic E-state index is 10.8. The molecular weight excluding hydrogens is 256 g/mol. The Hall–Kier alpha value is -2.16. The Morgan fingerprint density at radius 3 is 2.80 bits per heavy atom. The molecule has 1 aliphatic heterocycles. The molecule has 0 amide bonds. The summed E-state index contributed by atoms with van der Waals surface area (Å²) in [4.78, 5) is 16.6. The van der Waals surface area contributed by atoms with Crippen LogP contribution < -0.4 is 4.90 Å². The van der Waals surface area contributed by atoms with Crippen LogP contribution in [0, 0.1) is 27.4 Å². The molecule has 1 aromatic rings. The zero-order chi connectivity index (χ0) is 15.1. The van der Waals surface area contributed by atoms with Gasteiger partial charge in [0.05, 0.1) is 16.9 Å². The van der Waals surface area contributed by atoms with Gasteiger partial charge in [-0.2, -0.15) is 5.26 Å². The van der Waals surface area contributed by atoms with E-state index in [1.807, 2.05) is 25.7 Å². The Kier molecular flexibility index (Phi) is 5.91. The number of hydrogen-bond donors (Lipinski definition) is 0. The highest BCUT2D eigenvalue weighted by Crippen LogP contribution is 2.26. The molecule has 0 radical (unpaired) electrons. The minimum absolute atomic E-state index is 0.0343. The van der Waals surface area contributed by atoms with E-state index >= 15 is 0 Å². The third-order valence-electron chi connectivity index (χ3n) is 3.22. The van der Waals surface area contributed by atoms with Crippen molar-refractivity contribution >= 4 is 11.5 Å². The quantitative estimate of drug-likeness (QED) is 0.626. The summed E-state index contributed by atoms with van der Waals surface area (Å²) < 4.78 is 0. The number of nitro groups is 1. The zero-order valence-corrected chi connectivity index (χ0v) is 12.2. The molecule has 6 nitrogen and oxygen atoms in total. The van der Waals surface area contributed by atoms with E-state index in [4.69, 9.17) is 5.26 Å². The van der Waals surface area contributed by atoms with Crippen molar-refractivity contribution in [3.63, 3.8) is 0 Å². The molecule has 0 spiro atoms. The fourth-order valence-corrected chi connectivity index (χ4v) is 2.17. The van der Waals surface area contributed by atoms with Gasteiger partial charge in [0.15, 0.2) is 0 Å². The first-order valence-electron chi connectivity index (χ1n) is 6.93. The fourth-order valence-electron chi connectivity index (χ4n) is 2.17. The van der Waals surface area contributed by atoms with E-state index in [9.17, 15) is 10.1 Å². The number of rotatable bonds is 3. The van der Waals surface area contributed by atoms with Crippen molar-refractivity contribution in [2.75, 3.05) is 18.0 Å². The van der Waals surface area contributed by atoms with Crippen LogP contribution in [0.1, 0.15) is 32.8 Å². The summed E-state index contributed by atoms with van der Waals surface area (Å²) in [6.07, 6.45) is 2.74. The van der Waals surface area contributed by atoms with Crippen LogP contribution in [0.3, 0.4) is 0 Å². The largest absolute Gasteiger partial charge is 0.355 e. The maximum Gasteiger partial charge on any atom is 0.290 e. The summed E-state index contributed by atoms with van der Waals surface area (Å²) in [6, 6.07) is 4.01. The molecule has 2 heterocycles. The monoisotopic (exact) mass is 276 g/mol. The molecule has 0 aromatic carbocycles.